The molecule has 0 radical (unpaired) electrons. The number of benzene rings is 2. The summed E-state index contributed by atoms with van der Waals surface area (Å²) in [5.74, 6) is 2.96. The van der Waals surface area contributed by atoms with Gasteiger partial charge in [0, 0.05) is 12.1 Å². The third-order valence-electron chi connectivity index (χ3n) is 4.95. The number of methoxy groups -OCH3 is 3. The molecule has 156 valence electrons. The predicted molar refractivity (Wildman–Crippen MR) is 116 cm³/mol. The molecule has 1 fully saturated rings. The molecule has 7 nitrogen and oxygen atoms in total. The first-order valence-electron chi connectivity index (χ1n) is 9.45. The monoisotopic (exact) mass is 425 g/mol. The average Bonchev–Trinajstić information content (AvgIpc) is 3.41. The van der Waals surface area contributed by atoms with Crippen LogP contribution in [0, 0.1) is 0 Å². The van der Waals surface area contributed by atoms with E-state index in [4.69, 9.17) is 14.2 Å². The first-order valence-corrected chi connectivity index (χ1v) is 10.5. The van der Waals surface area contributed by atoms with E-state index >= 15 is 0 Å². The minimum Gasteiger partial charge on any atom is -0.493 e. The number of ether oxygens (including phenoxy) is 3. The second-order valence-corrected chi connectivity index (χ2v) is 7.84. The maximum atomic E-state index is 12.7. The Balaban J connectivity index is 1.61. The second kappa shape index (κ2) is 8.71. The number of nitrogens with zero attached hydrogens (tertiary/aromatic N) is 2. The molecule has 4 rings (SSSR count). The van der Waals surface area contributed by atoms with Crippen LogP contribution in [0.15, 0.2) is 48.7 Å². The number of imidazole rings is 1. The van der Waals surface area contributed by atoms with Crippen LogP contribution in [-0.2, 0) is 11.3 Å². The van der Waals surface area contributed by atoms with Gasteiger partial charge in [-0.1, -0.05) is 30.3 Å². The number of thioether (sulfide) groups is 1. The molecule has 1 aliphatic rings. The van der Waals surface area contributed by atoms with Gasteiger partial charge in [0.2, 0.25) is 11.7 Å². The van der Waals surface area contributed by atoms with Crippen LogP contribution >= 0.6 is 11.8 Å². The highest BCUT2D eigenvalue weighted by molar-refractivity contribution is 8.00. The lowest BCUT2D eigenvalue weighted by Gasteiger charge is -2.24. The van der Waals surface area contributed by atoms with E-state index in [9.17, 15) is 4.79 Å². The fraction of sp³-hybridized carbons (Fsp3) is 0.273. The summed E-state index contributed by atoms with van der Waals surface area (Å²) in [6, 6.07) is 13.7. The van der Waals surface area contributed by atoms with E-state index in [1.165, 1.54) is 0 Å². The molecule has 0 aliphatic carbocycles. The largest absolute Gasteiger partial charge is 0.493 e. The summed E-state index contributed by atoms with van der Waals surface area (Å²) in [5, 5.41) is -0.137. The Kier molecular flexibility index (Phi) is 5.85. The number of carbonyl (C=O) groups is 1. The van der Waals surface area contributed by atoms with Crippen LogP contribution in [0.1, 0.15) is 16.6 Å². The molecule has 30 heavy (non-hydrogen) atoms. The molecule has 0 bridgehead atoms. The van der Waals surface area contributed by atoms with Crippen molar-refractivity contribution in [2.75, 3.05) is 27.1 Å². The van der Waals surface area contributed by atoms with Gasteiger partial charge in [0.25, 0.3) is 0 Å². The maximum absolute atomic E-state index is 12.7. The normalized spacial score (nSPS) is 16.0. The number of carbonyl (C=O) groups excluding carboxylic acids is 1. The van der Waals surface area contributed by atoms with Crippen molar-refractivity contribution in [2.24, 2.45) is 0 Å². The van der Waals surface area contributed by atoms with Gasteiger partial charge >= 0.3 is 0 Å². The Morgan fingerprint density at radius 2 is 1.80 bits per heavy atom. The Hall–Kier alpha value is -3.13. The fourth-order valence-electron chi connectivity index (χ4n) is 3.51. The van der Waals surface area contributed by atoms with Crippen molar-refractivity contribution in [3.8, 4) is 28.6 Å². The SMILES string of the molecule is COc1cc(CN2C(=O)CSC2c2cnc(-c3ccccc3)[nH]2)cc(OC)c1OC. The smallest absolute Gasteiger partial charge is 0.234 e. The van der Waals surface area contributed by atoms with Gasteiger partial charge < -0.3 is 24.1 Å². The molecular weight excluding hydrogens is 402 g/mol. The minimum absolute atomic E-state index is 0.0783. The first-order chi connectivity index (χ1) is 14.6. The van der Waals surface area contributed by atoms with E-state index in [-0.39, 0.29) is 11.3 Å². The summed E-state index contributed by atoms with van der Waals surface area (Å²) in [4.78, 5) is 22.4. The van der Waals surface area contributed by atoms with E-state index in [0.717, 1.165) is 22.6 Å². The van der Waals surface area contributed by atoms with Crippen LogP contribution in [0.4, 0.5) is 0 Å². The van der Waals surface area contributed by atoms with Crippen molar-refractivity contribution in [2.45, 2.75) is 11.9 Å². The molecule has 0 spiro atoms. The van der Waals surface area contributed by atoms with E-state index in [0.29, 0.717) is 29.5 Å². The van der Waals surface area contributed by atoms with Crippen LogP contribution in [0.5, 0.6) is 17.2 Å². The van der Waals surface area contributed by atoms with Crippen molar-refractivity contribution in [3.63, 3.8) is 0 Å². The lowest BCUT2D eigenvalue weighted by atomic mass is 10.1. The van der Waals surface area contributed by atoms with Gasteiger partial charge in [-0.15, -0.1) is 11.8 Å². The number of H-pyrrole nitrogens is 1. The molecule has 1 N–H and O–H groups in total. The van der Waals surface area contributed by atoms with Crippen molar-refractivity contribution in [3.05, 3.63) is 59.9 Å². The highest BCUT2D eigenvalue weighted by Crippen LogP contribution is 2.42. The summed E-state index contributed by atoms with van der Waals surface area (Å²) in [6.07, 6.45) is 1.81. The van der Waals surface area contributed by atoms with Crippen molar-refractivity contribution in [1.82, 2.24) is 14.9 Å². The minimum atomic E-state index is -0.137. The molecule has 1 saturated heterocycles. The third-order valence-corrected chi connectivity index (χ3v) is 6.19. The van der Waals surface area contributed by atoms with E-state index in [1.54, 1.807) is 39.3 Å². The van der Waals surface area contributed by atoms with Gasteiger partial charge in [-0.2, -0.15) is 0 Å². The molecule has 2 aromatic carbocycles. The predicted octanol–water partition coefficient (Wildman–Crippen LogP) is 3.88. The van der Waals surface area contributed by atoms with E-state index in [1.807, 2.05) is 47.4 Å². The van der Waals surface area contributed by atoms with Gasteiger partial charge in [0.1, 0.15) is 11.2 Å². The van der Waals surface area contributed by atoms with Gasteiger partial charge in [0.05, 0.1) is 39.0 Å². The molecule has 0 saturated carbocycles. The Morgan fingerprint density at radius 3 is 2.43 bits per heavy atom. The Morgan fingerprint density at radius 1 is 1.10 bits per heavy atom. The fourth-order valence-corrected chi connectivity index (χ4v) is 4.65. The van der Waals surface area contributed by atoms with Crippen LogP contribution < -0.4 is 14.2 Å². The quantitative estimate of drug-likeness (QED) is 0.619. The second-order valence-electron chi connectivity index (χ2n) is 6.77. The Labute approximate surface area is 179 Å². The van der Waals surface area contributed by atoms with Crippen LogP contribution in [-0.4, -0.2) is 47.9 Å². The number of aromatic nitrogens is 2. The van der Waals surface area contributed by atoms with Crippen LogP contribution in [0.25, 0.3) is 11.4 Å². The maximum Gasteiger partial charge on any atom is 0.234 e. The molecular formula is C22H23N3O4S. The first kappa shape index (κ1) is 20.2. The van der Waals surface area contributed by atoms with Crippen LogP contribution in [0.3, 0.4) is 0 Å². The molecule has 2 heterocycles. The summed E-state index contributed by atoms with van der Waals surface area (Å²) in [5.41, 5.74) is 2.81. The molecule has 1 atom stereocenters. The van der Waals surface area contributed by atoms with Gasteiger partial charge in [-0.3, -0.25) is 4.79 Å². The highest BCUT2D eigenvalue weighted by atomic mass is 32.2. The lowest BCUT2D eigenvalue weighted by molar-refractivity contribution is -0.128. The zero-order valence-electron chi connectivity index (χ0n) is 17.0. The van der Waals surface area contributed by atoms with Gasteiger partial charge in [-0.05, 0) is 17.7 Å². The average molecular weight is 426 g/mol. The number of hydrogen-bond acceptors (Lipinski definition) is 6. The standard InChI is InChI=1S/C22H23N3O4S/c1-27-17-9-14(10-18(28-2)20(17)29-3)12-25-19(26)13-30-22(25)16-11-23-21(24-16)15-7-5-4-6-8-15/h4-11,22H,12-13H2,1-3H3,(H,23,24). The molecule has 3 aromatic rings. The third kappa shape index (κ3) is 3.82. The van der Waals surface area contributed by atoms with Crippen LogP contribution in [0.2, 0.25) is 0 Å². The molecule has 1 aliphatic heterocycles. The molecule has 1 unspecified atom stereocenters. The van der Waals surface area contributed by atoms with Crippen molar-refractivity contribution < 1.29 is 19.0 Å². The van der Waals surface area contributed by atoms with Crippen molar-refractivity contribution >= 4 is 17.7 Å². The van der Waals surface area contributed by atoms with Gasteiger partial charge in [-0.25, -0.2) is 4.98 Å². The highest BCUT2D eigenvalue weighted by Gasteiger charge is 2.34. The summed E-state index contributed by atoms with van der Waals surface area (Å²) in [6.45, 7) is 0.424. The molecule has 1 aromatic heterocycles. The number of rotatable bonds is 7. The summed E-state index contributed by atoms with van der Waals surface area (Å²) >= 11 is 1.58. The number of amides is 1. The molecule has 8 heteroatoms. The van der Waals surface area contributed by atoms with E-state index < -0.39 is 0 Å². The number of nitrogens with one attached hydrogen (secondary N) is 1. The number of aromatic amines is 1. The zero-order chi connectivity index (χ0) is 21.1. The summed E-state index contributed by atoms with van der Waals surface area (Å²) < 4.78 is 16.3. The lowest BCUT2D eigenvalue weighted by Crippen LogP contribution is -2.27. The van der Waals surface area contributed by atoms with Crippen molar-refractivity contribution in [1.29, 1.82) is 0 Å². The van der Waals surface area contributed by atoms with E-state index in [2.05, 4.69) is 9.97 Å². The van der Waals surface area contributed by atoms with Gasteiger partial charge in [0.15, 0.2) is 11.5 Å². The Bertz CT molecular complexity index is 1010. The topological polar surface area (TPSA) is 76.7 Å². The molecule has 1 amide bonds. The number of hydrogen-bond donors (Lipinski definition) is 1. The zero-order valence-corrected chi connectivity index (χ0v) is 17.9. The summed E-state index contributed by atoms with van der Waals surface area (Å²) in [7, 11) is 4.73.